The Hall–Kier alpha value is 0.680. The highest BCUT2D eigenvalue weighted by Crippen LogP contribution is 2.33. The van der Waals surface area contributed by atoms with E-state index in [1.807, 2.05) is 7.05 Å². The zero-order valence-corrected chi connectivity index (χ0v) is 13.0. The molecule has 1 aromatic heterocycles. The van der Waals surface area contributed by atoms with Crippen LogP contribution in [0.2, 0.25) is 4.34 Å². The molecule has 92 valence electrons. The molecule has 16 heavy (non-hydrogen) atoms. The maximum Gasteiger partial charge on any atom is 0.107 e. The van der Waals surface area contributed by atoms with Gasteiger partial charge in [0.1, 0.15) is 4.34 Å². The molecule has 0 saturated carbocycles. The highest BCUT2D eigenvalue weighted by atomic mass is 79.9. The minimum Gasteiger partial charge on any atom is -0.316 e. The van der Waals surface area contributed by atoms with E-state index < -0.39 is 0 Å². The van der Waals surface area contributed by atoms with Crippen molar-refractivity contribution in [3.63, 3.8) is 0 Å². The van der Waals surface area contributed by atoms with Crippen molar-refractivity contribution in [3.8, 4) is 0 Å². The monoisotopic (exact) mass is 344 g/mol. The lowest BCUT2D eigenvalue weighted by Gasteiger charge is -2.14. The zero-order valence-electron chi connectivity index (χ0n) is 9.00. The Kier molecular flexibility index (Phi) is 6.05. The summed E-state index contributed by atoms with van der Waals surface area (Å²) in [5.41, 5.74) is 0. The second-order valence-electron chi connectivity index (χ2n) is 3.84. The lowest BCUT2D eigenvalue weighted by atomic mass is 10.3. The molecule has 2 rings (SSSR count). The molecule has 2 heterocycles. The number of likely N-dealkylation sites (N-methyl/N-ethyl adjacent to an activating group) is 1. The van der Waals surface area contributed by atoms with Crippen molar-refractivity contribution >= 4 is 51.3 Å². The number of likely N-dealkylation sites (tertiary alicyclic amines) is 1. The number of halogens is 3. The van der Waals surface area contributed by atoms with Gasteiger partial charge in [-0.3, -0.25) is 4.90 Å². The maximum atomic E-state index is 6.01. The summed E-state index contributed by atoms with van der Waals surface area (Å²) in [7, 11) is 2.03. The van der Waals surface area contributed by atoms with Gasteiger partial charge in [0.05, 0.1) is 0 Å². The molecule has 0 radical (unpaired) electrons. The zero-order chi connectivity index (χ0) is 10.8. The molecule has 1 aromatic rings. The molecule has 1 N–H and O–H groups in total. The molecule has 0 bridgehead atoms. The van der Waals surface area contributed by atoms with Crippen LogP contribution in [0.4, 0.5) is 0 Å². The minimum absolute atomic E-state index is 0. The Morgan fingerprint density at radius 2 is 2.44 bits per heavy atom. The summed E-state index contributed by atoms with van der Waals surface area (Å²) >= 11 is 11.1. The Morgan fingerprint density at radius 1 is 1.69 bits per heavy atom. The molecular weight excluding hydrogens is 331 g/mol. The topological polar surface area (TPSA) is 15.3 Å². The summed E-state index contributed by atoms with van der Waals surface area (Å²) in [5, 5.41) is 3.32. The third-order valence-electron chi connectivity index (χ3n) is 2.76. The third-order valence-corrected chi connectivity index (χ3v) is 5.22. The Labute approximate surface area is 120 Å². The molecule has 0 aliphatic carbocycles. The summed E-state index contributed by atoms with van der Waals surface area (Å²) < 4.78 is 1.88. The van der Waals surface area contributed by atoms with E-state index in [9.17, 15) is 0 Å². The van der Waals surface area contributed by atoms with Crippen LogP contribution in [0.25, 0.3) is 0 Å². The fraction of sp³-hybridized carbons (Fsp3) is 0.600. The van der Waals surface area contributed by atoms with Gasteiger partial charge in [0.2, 0.25) is 0 Å². The predicted molar refractivity (Wildman–Crippen MR) is 77.0 cm³/mol. The number of hydrogen-bond acceptors (Lipinski definition) is 3. The summed E-state index contributed by atoms with van der Waals surface area (Å²) in [6, 6.07) is 2.78. The first-order chi connectivity index (χ1) is 7.19. The molecule has 0 amide bonds. The summed E-state index contributed by atoms with van der Waals surface area (Å²) in [5.74, 6) is 0. The molecule has 1 atom stereocenters. The van der Waals surface area contributed by atoms with Gasteiger partial charge < -0.3 is 5.32 Å². The molecule has 1 aliphatic rings. The average Bonchev–Trinajstić information content (AvgIpc) is 2.76. The SMILES string of the molecule is CNC1CCN(Cc2cc(Br)c(Cl)s2)C1.Cl. The van der Waals surface area contributed by atoms with Crippen molar-refractivity contribution in [1.82, 2.24) is 10.2 Å². The van der Waals surface area contributed by atoms with Crippen LogP contribution in [0.15, 0.2) is 10.5 Å². The van der Waals surface area contributed by atoms with Gasteiger partial charge in [-0.25, -0.2) is 0 Å². The molecule has 6 heteroatoms. The lowest BCUT2D eigenvalue weighted by molar-refractivity contribution is 0.325. The van der Waals surface area contributed by atoms with Crippen LogP contribution in [-0.2, 0) is 6.54 Å². The van der Waals surface area contributed by atoms with E-state index in [1.54, 1.807) is 11.3 Å². The highest BCUT2D eigenvalue weighted by molar-refractivity contribution is 9.10. The molecule has 1 aliphatic heterocycles. The Morgan fingerprint density at radius 3 is 2.94 bits per heavy atom. The quantitative estimate of drug-likeness (QED) is 0.903. The van der Waals surface area contributed by atoms with Gasteiger partial charge >= 0.3 is 0 Å². The number of nitrogens with zero attached hydrogens (tertiary/aromatic N) is 1. The van der Waals surface area contributed by atoms with Crippen LogP contribution < -0.4 is 5.32 Å². The van der Waals surface area contributed by atoms with E-state index >= 15 is 0 Å². The lowest BCUT2D eigenvalue weighted by Crippen LogP contribution is -2.29. The van der Waals surface area contributed by atoms with Crippen molar-refractivity contribution in [2.24, 2.45) is 0 Å². The van der Waals surface area contributed by atoms with Crippen molar-refractivity contribution in [2.75, 3.05) is 20.1 Å². The van der Waals surface area contributed by atoms with Crippen LogP contribution in [-0.4, -0.2) is 31.1 Å². The molecular formula is C10H15BrCl2N2S. The van der Waals surface area contributed by atoms with Crippen LogP contribution in [0.5, 0.6) is 0 Å². The van der Waals surface area contributed by atoms with E-state index in [0.717, 1.165) is 21.9 Å². The van der Waals surface area contributed by atoms with E-state index in [0.29, 0.717) is 6.04 Å². The van der Waals surface area contributed by atoms with Crippen molar-refractivity contribution < 1.29 is 0 Å². The van der Waals surface area contributed by atoms with Crippen LogP contribution in [0.1, 0.15) is 11.3 Å². The number of nitrogens with one attached hydrogen (secondary N) is 1. The fourth-order valence-electron chi connectivity index (χ4n) is 1.90. The Balaban J connectivity index is 0.00000128. The van der Waals surface area contributed by atoms with Gasteiger partial charge in [0.15, 0.2) is 0 Å². The molecule has 0 spiro atoms. The largest absolute Gasteiger partial charge is 0.316 e. The number of hydrogen-bond donors (Lipinski definition) is 1. The van der Waals surface area contributed by atoms with Crippen molar-refractivity contribution in [2.45, 2.75) is 19.0 Å². The normalized spacial score (nSPS) is 21.1. The molecule has 0 aromatic carbocycles. The third kappa shape index (κ3) is 3.59. The van der Waals surface area contributed by atoms with Crippen molar-refractivity contribution in [3.05, 3.63) is 19.8 Å². The van der Waals surface area contributed by atoms with E-state index in [2.05, 4.69) is 32.2 Å². The first-order valence-corrected chi connectivity index (χ1v) is 7.01. The van der Waals surface area contributed by atoms with Crippen LogP contribution >= 0.6 is 51.3 Å². The summed E-state index contributed by atoms with van der Waals surface area (Å²) in [6.07, 6.45) is 1.25. The number of thiophene rings is 1. The van der Waals surface area contributed by atoms with E-state index in [1.165, 1.54) is 17.8 Å². The van der Waals surface area contributed by atoms with Gasteiger partial charge in [-0.15, -0.1) is 23.7 Å². The summed E-state index contributed by atoms with van der Waals surface area (Å²) in [6.45, 7) is 3.34. The Bertz CT molecular complexity index is 326. The van der Waals surface area contributed by atoms with E-state index in [4.69, 9.17) is 11.6 Å². The van der Waals surface area contributed by atoms with Crippen molar-refractivity contribution in [1.29, 1.82) is 0 Å². The standard InChI is InChI=1S/C10H14BrClN2S.ClH/c1-13-7-2-3-14(5-7)6-8-4-9(11)10(12)15-8;/h4,7,13H,2-3,5-6H2,1H3;1H. The maximum absolute atomic E-state index is 6.01. The van der Waals surface area contributed by atoms with Crippen LogP contribution in [0, 0.1) is 0 Å². The van der Waals surface area contributed by atoms with Crippen LogP contribution in [0.3, 0.4) is 0 Å². The molecule has 2 nitrogen and oxygen atoms in total. The second kappa shape index (κ2) is 6.57. The predicted octanol–water partition coefficient (Wildman–Crippen LogP) is 3.38. The highest BCUT2D eigenvalue weighted by Gasteiger charge is 2.21. The first-order valence-electron chi connectivity index (χ1n) is 5.02. The minimum atomic E-state index is 0. The number of rotatable bonds is 3. The average molecular weight is 346 g/mol. The second-order valence-corrected chi connectivity index (χ2v) is 6.44. The van der Waals surface area contributed by atoms with E-state index in [-0.39, 0.29) is 12.4 Å². The molecule has 1 saturated heterocycles. The van der Waals surface area contributed by atoms with Gasteiger partial charge in [-0.2, -0.15) is 0 Å². The van der Waals surface area contributed by atoms with Gasteiger partial charge in [0.25, 0.3) is 0 Å². The first kappa shape index (κ1) is 14.7. The molecule has 1 fully saturated rings. The summed E-state index contributed by atoms with van der Waals surface area (Å²) in [4.78, 5) is 3.80. The van der Waals surface area contributed by atoms with Gasteiger partial charge in [-0.05, 0) is 35.5 Å². The van der Waals surface area contributed by atoms with Gasteiger partial charge in [0, 0.05) is 35.0 Å². The fourth-order valence-corrected chi connectivity index (χ4v) is 3.73. The van der Waals surface area contributed by atoms with Gasteiger partial charge in [-0.1, -0.05) is 11.6 Å². The smallest absolute Gasteiger partial charge is 0.107 e. The molecule has 1 unspecified atom stereocenters.